The molecule has 0 aliphatic carbocycles. The van der Waals surface area contributed by atoms with E-state index in [0.29, 0.717) is 31.9 Å². The zero-order chi connectivity index (χ0) is 16.1. The highest BCUT2D eigenvalue weighted by atomic mass is 16.5. The largest absolute Gasteiger partial charge is 0.490 e. The maximum absolute atomic E-state index is 12.4. The molecule has 2 aliphatic rings. The molecule has 0 spiro atoms. The van der Waals surface area contributed by atoms with E-state index in [2.05, 4.69) is 11.9 Å². The highest BCUT2D eigenvalue weighted by molar-refractivity contribution is 6.18. The van der Waals surface area contributed by atoms with Crippen LogP contribution in [0.4, 0.5) is 0 Å². The van der Waals surface area contributed by atoms with Gasteiger partial charge in [-0.2, -0.15) is 0 Å². The predicted molar refractivity (Wildman–Crippen MR) is 89.4 cm³/mol. The van der Waals surface area contributed by atoms with Crippen molar-refractivity contribution in [1.82, 2.24) is 10.2 Å². The van der Waals surface area contributed by atoms with Crippen LogP contribution in [0.15, 0.2) is 30.8 Å². The molecule has 0 unspecified atom stereocenters. The van der Waals surface area contributed by atoms with Crippen LogP contribution in [0.25, 0.3) is 5.57 Å². The van der Waals surface area contributed by atoms with Crippen LogP contribution in [0, 0.1) is 0 Å². The SMILES string of the molecule is C=C(C(=O)N1CCOCC1)c1ccc(OC2CCNCC2)cc1. The molecule has 3 rings (SSSR count). The van der Waals surface area contributed by atoms with Crippen molar-refractivity contribution in [2.45, 2.75) is 18.9 Å². The monoisotopic (exact) mass is 316 g/mol. The summed E-state index contributed by atoms with van der Waals surface area (Å²) in [5.74, 6) is 0.840. The second-order valence-corrected chi connectivity index (χ2v) is 5.97. The van der Waals surface area contributed by atoms with E-state index < -0.39 is 0 Å². The Bertz CT molecular complexity index is 544. The Kier molecular flexibility index (Phi) is 5.31. The minimum absolute atomic E-state index is 0.0136. The number of hydrogen-bond acceptors (Lipinski definition) is 4. The van der Waals surface area contributed by atoms with Crippen molar-refractivity contribution in [3.8, 4) is 5.75 Å². The third-order valence-corrected chi connectivity index (χ3v) is 4.35. The van der Waals surface area contributed by atoms with Gasteiger partial charge in [0.2, 0.25) is 0 Å². The zero-order valence-electron chi connectivity index (χ0n) is 13.4. The molecule has 2 saturated heterocycles. The third kappa shape index (κ3) is 4.12. The van der Waals surface area contributed by atoms with Crippen LogP contribution < -0.4 is 10.1 Å². The lowest BCUT2D eigenvalue weighted by Gasteiger charge is -2.27. The number of nitrogens with one attached hydrogen (secondary N) is 1. The maximum atomic E-state index is 12.4. The van der Waals surface area contributed by atoms with E-state index in [9.17, 15) is 4.79 Å². The van der Waals surface area contributed by atoms with Crippen LogP contribution in [-0.2, 0) is 9.53 Å². The van der Waals surface area contributed by atoms with Gasteiger partial charge in [-0.05, 0) is 43.6 Å². The first kappa shape index (κ1) is 16.0. The van der Waals surface area contributed by atoms with Gasteiger partial charge in [0.05, 0.1) is 13.2 Å². The van der Waals surface area contributed by atoms with E-state index in [-0.39, 0.29) is 12.0 Å². The van der Waals surface area contributed by atoms with Crippen LogP contribution in [0.2, 0.25) is 0 Å². The Morgan fingerprint density at radius 1 is 1.17 bits per heavy atom. The van der Waals surface area contributed by atoms with E-state index in [1.54, 1.807) is 4.90 Å². The Balaban J connectivity index is 1.59. The van der Waals surface area contributed by atoms with Gasteiger partial charge in [0.25, 0.3) is 5.91 Å². The van der Waals surface area contributed by atoms with Crippen LogP contribution in [-0.4, -0.2) is 56.3 Å². The molecule has 0 atom stereocenters. The summed E-state index contributed by atoms with van der Waals surface area (Å²) in [6.45, 7) is 8.45. The highest BCUT2D eigenvalue weighted by Crippen LogP contribution is 2.22. The van der Waals surface area contributed by atoms with Crippen molar-refractivity contribution in [2.75, 3.05) is 39.4 Å². The van der Waals surface area contributed by atoms with Crippen LogP contribution in [0.3, 0.4) is 0 Å². The first-order valence-electron chi connectivity index (χ1n) is 8.28. The Morgan fingerprint density at radius 2 is 1.83 bits per heavy atom. The predicted octanol–water partition coefficient (Wildman–Crippen LogP) is 1.69. The zero-order valence-corrected chi connectivity index (χ0v) is 13.4. The molecule has 2 fully saturated rings. The van der Waals surface area contributed by atoms with Crippen molar-refractivity contribution in [3.05, 3.63) is 36.4 Å². The van der Waals surface area contributed by atoms with E-state index >= 15 is 0 Å². The molecular weight excluding hydrogens is 292 g/mol. The average molecular weight is 316 g/mol. The van der Waals surface area contributed by atoms with Gasteiger partial charge in [0, 0.05) is 18.7 Å². The summed E-state index contributed by atoms with van der Waals surface area (Å²) in [6, 6.07) is 7.68. The van der Waals surface area contributed by atoms with Crippen molar-refractivity contribution < 1.29 is 14.3 Å². The molecule has 23 heavy (non-hydrogen) atoms. The lowest BCUT2D eigenvalue weighted by molar-refractivity contribution is -0.128. The number of morpholine rings is 1. The Labute approximate surface area is 137 Å². The topological polar surface area (TPSA) is 50.8 Å². The number of carbonyl (C=O) groups is 1. The van der Waals surface area contributed by atoms with E-state index in [1.807, 2.05) is 24.3 Å². The molecule has 2 heterocycles. The van der Waals surface area contributed by atoms with Crippen molar-refractivity contribution in [2.24, 2.45) is 0 Å². The van der Waals surface area contributed by atoms with Gasteiger partial charge in [0.1, 0.15) is 11.9 Å². The summed E-state index contributed by atoms with van der Waals surface area (Å²) < 4.78 is 11.3. The Morgan fingerprint density at radius 3 is 2.48 bits per heavy atom. The van der Waals surface area contributed by atoms with Gasteiger partial charge in [0.15, 0.2) is 0 Å². The first-order chi connectivity index (χ1) is 11.2. The summed E-state index contributed by atoms with van der Waals surface area (Å²) >= 11 is 0. The molecule has 0 bridgehead atoms. The quantitative estimate of drug-likeness (QED) is 0.859. The fourth-order valence-corrected chi connectivity index (χ4v) is 2.92. The number of rotatable bonds is 4. The molecule has 1 aromatic carbocycles. The van der Waals surface area contributed by atoms with Crippen molar-refractivity contribution >= 4 is 11.5 Å². The summed E-state index contributed by atoms with van der Waals surface area (Å²) in [4.78, 5) is 14.2. The average Bonchev–Trinajstić information content (AvgIpc) is 2.63. The van der Waals surface area contributed by atoms with Gasteiger partial charge in [-0.3, -0.25) is 4.79 Å². The second-order valence-electron chi connectivity index (χ2n) is 5.97. The lowest BCUT2D eigenvalue weighted by Crippen LogP contribution is -2.40. The molecule has 1 N–H and O–H groups in total. The van der Waals surface area contributed by atoms with E-state index in [4.69, 9.17) is 9.47 Å². The highest BCUT2D eigenvalue weighted by Gasteiger charge is 2.20. The number of carbonyl (C=O) groups excluding carboxylic acids is 1. The number of amides is 1. The van der Waals surface area contributed by atoms with Gasteiger partial charge in [-0.25, -0.2) is 0 Å². The first-order valence-corrected chi connectivity index (χ1v) is 8.28. The maximum Gasteiger partial charge on any atom is 0.254 e. The molecule has 1 amide bonds. The minimum Gasteiger partial charge on any atom is -0.490 e. The number of piperidine rings is 1. The molecule has 124 valence electrons. The van der Waals surface area contributed by atoms with E-state index in [1.165, 1.54) is 0 Å². The molecule has 0 radical (unpaired) electrons. The lowest BCUT2D eigenvalue weighted by atomic mass is 10.1. The smallest absolute Gasteiger partial charge is 0.254 e. The summed E-state index contributed by atoms with van der Waals surface area (Å²) in [6.07, 6.45) is 2.34. The van der Waals surface area contributed by atoms with E-state index in [0.717, 1.165) is 37.2 Å². The molecule has 0 saturated carbocycles. The summed E-state index contributed by atoms with van der Waals surface area (Å²) in [5, 5.41) is 3.33. The third-order valence-electron chi connectivity index (χ3n) is 4.35. The number of ether oxygens (including phenoxy) is 2. The molecule has 1 aromatic rings. The minimum atomic E-state index is -0.0136. The van der Waals surface area contributed by atoms with Gasteiger partial charge in [-0.15, -0.1) is 0 Å². The fraction of sp³-hybridized carbons (Fsp3) is 0.500. The van der Waals surface area contributed by atoms with Gasteiger partial charge >= 0.3 is 0 Å². The van der Waals surface area contributed by atoms with Crippen LogP contribution in [0.1, 0.15) is 18.4 Å². The second kappa shape index (κ2) is 7.62. The molecule has 5 heteroatoms. The summed E-state index contributed by atoms with van der Waals surface area (Å²) in [5.41, 5.74) is 1.37. The number of nitrogens with zero attached hydrogens (tertiary/aromatic N) is 1. The van der Waals surface area contributed by atoms with Crippen LogP contribution >= 0.6 is 0 Å². The van der Waals surface area contributed by atoms with Gasteiger partial charge in [-0.1, -0.05) is 18.7 Å². The molecule has 2 aliphatic heterocycles. The summed E-state index contributed by atoms with van der Waals surface area (Å²) in [7, 11) is 0. The standard InChI is InChI=1S/C18H24N2O3/c1-14(18(21)20-10-12-22-13-11-20)15-2-4-16(5-3-15)23-17-6-8-19-9-7-17/h2-5,17,19H,1,6-13H2. The molecule has 0 aromatic heterocycles. The number of hydrogen-bond donors (Lipinski definition) is 1. The Hall–Kier alpha value is -1.85. The normalized spacial score (nSPS) is 19.4. The van der Waals surface area contributed by atoms with Crippen molar-refractivity contribution in [1.29, 1.82) is 0 Å². The molecule has 5 nitrogen and oxygen atoms in total. The van der Waals surface area contributed by atoms with Gasteiger partial charge < -0.3 is 19.7 Å². The number of benzene rings is 1. The fourth-order valence-electron chi connectivity index (χ4n) is 2.92. The van der Waals surface area contributed by atoms with Crippen molar-refractivity contribution in [3.63, 3.8) is 0 Å². The van der Waals surface area contributed by atoms with Crippen LogP contribution in [0.5, 0.6) is 5.75 Å². The molecular formula is C18H24N2O3.